The zero-order valence-electron chi connectivity index (χ0n) is 19.7. The molecule has 0 saturated carbocycles. The van der Waals surface area contributed by atoms with E-state index in [2.05, 4.69) is 33.9 Å². The van der Waals surface area contributed by atoms with Crippen molar-refractivity contribution in [1.29, 1.82) is 0 Å². The first-order valence-electron chi connectivity index (χ1n) is 12.4. The van der Waals surface area contributed by atoms with Gasteiger partial charge < -0.3 is 9.88 Å². The molecule has 2 N–H and O–H groups in total. The second-order valence-electron chi connectivity index (χ2n) is 9.73. The fraction of sp³-hybridized carbons (Fsp3) is 0.393. The molecule has 34 heavy (non-hydrogen) atoms. The van der Waals surface area contributed by atoms with E-state index in [1.807, 2.05) is 42.6 Å². The number of H-pyrrole nitrogens is 2. The van der Waals surface area contributed by atoms with Crippen molar-refractivity contribution in [2.45, 2.75) is 51.4 Å². The van der Waals surface area contributed by atoms with Crippen LogP contribution in [0.4, 0.5) is 5.82 Å². The number of hydrogen-bond donors (Lipinski definition) is 2. The van der Waals surface area contributed by atoms with Gasteiger partial charge in [0.05, 0.1) is 0 Å². The normalized spacial score (nSPS) is 20.7. The Morgan fingerprint density at radius 1 is 1.06 bits per heavy atom. The van der Waals surface area contributed by atoms with Crippen molar-refractivity contribution in [3.05, 3.63) is 98.0 Å². The summed E-state index contributed by atoms with van der Waals surface area (Å²) in [6.07, 6.45) is 9.75. The summed E-state index contributed by atoms with van der Waals surface area (Å²) in [5.74, 6) is 1.89. The standard InChI is InChI=1S/C28H32N4O2/c1-19-7-6-16-32(18-19)26-23(10-5-15-29-26)21-11-13-22(14-12-21)25-24(27(33)31-28(34)30-25)17-20-8-3-2-4-9-20/h2-5,8-11,15,19,22H,6-7,12-14,16-18H2,1H3,(H2,30,31,33,34). The van der Waals surface area contributed by atoms with Crippen molar-refractivity contribution in [2.24, 2.45) is 5.92 Å². The molecule has 3 aromatic rings. The molecule has 0 amide bonds. The van der Waals surface area contributed by atoms with Crippen molar-refractivity contribution in [3.63, 3.8) is 0 Å². The van der Waals surface area contributed by atoms with Gasteiger partial charge in [-0.1, -0.05) is 43.3 Å². The van der Waals surface area contributed by atoms with Gasteiger partial charge in [-0.25, -0.2) is 9.78 Å². The average Bonchev–Trinajstić information content (AvgIpc) is 2.86. The third-order valence-electron chi connectivity index (χ3n) is 7.21. The fourth-order valence-electron chi connectivity index (χ4n) is 5.48. The molecule has 0 bridgehead atoms. The van der Waals surface area contributed by atoms with Crippen molar-refractivity contribution < 1.29 is 0 Å². The maximum atomic E-state index is 12.7. The molecule has 2 aromatic heterocycles. The van der Waals surface area contributed by atoms with Crippen LogP contribution in [0.2, 0.25) is 0 Å². The molecule has 1 saturated heterocycles. The zero-order chi connectivity index (χ0) is 23.5. The summed E-state index contributed by atoms with van der Waals surface area (Å²) < 4.78 is 0. The molecule has 2 atom stereocenters. The predicted molar refractivity (Wildman–Crippen MR) is 136 cm³/mol. The lowest BCUT2D eigenvalue weighted by atomic mass is 9.82. The number of nitrogens with zero attached hydrogens (tertiary/aromatic N) is 2. The first-order valence-corrected chi connectivity index (χ1v) is 12.4. The van der Waals surface area contributed by atoms with E-state index in [-0.39, 0.29) is 11.5 Å². The van der Waals surface area contributed by atoms with E-state index < -0.39 is 5.69 Å². The molecule has 176 valence electrons. The number of allylic oxidation sites excluding steroid dienone is 2. The minimum atomic E-state index is -0.430. The van der Waals surface area contributed by atoms with Crippen molar-refractivity contribution in [1.82, 2.24) is 15.0 Å². The van der Waals surface area contributed by atoms with Crippen molar-refractivity contribution in [2.75, 3.05) is 18.0 Å². The first kappa shape index (κ1) is 22.4. The van der Waals surface area contributed by atoms with Gasteiger partial charge in [-0.3, -0.25) is 9.78 Å². The second-order valence-corrected chi connectivity index (χ2v) is 9.73. The Morgan fingerprint density at radius 2 is 1.91 bits per heavy atom. The largest absolute Gasteiger partial charge is 0.356 e. The lowest BCUT2D eigenvalue weighted by Gasteiger charge is -2.34. The number of aromatic amines is 2. The van der Waals surface area contributed by atoms with Crippen LogP contribution < -0.4 is 16.1 Å². The van der Waals surface area contributed by atoms with E-state index in [9.17, 15) is 9.59 Å². The van der Waals surface area contributed by atoms with E-state index in [0.29, 0.717) is 17.9 Å². The van der Waals surface area contributed by atoms with Crippen LogP contribution in [0.15, 0.2) is 64.3 Å². The quantitative estimate of drug-likeness (QED) is 0.586. The van der Waals surface area contributed by atoms with E-state index in [1.165, 1.54) is 24.0 Å². The molecule has 3 heterocycles. The molecule has 2 unspecified atom stereocenters. The van der Waals surface area contributed by atoms with Gasteiger partial charge in [0.1, 0.15) is 5.82 Å². The monoisotopic (exact) mass is 456 g/mol. The number of pyridine rings is 1. The second kappa shape index (κ2) is 9.84. The Hall–Kier alpha value is -3.41. The van der Waals surface area contributed by atoms with Crippen LogP contribution in [0.25, 0.3) is 5.57 Å². The highest BCUT2D eigenvalue weighted by atomic mass is 16.2. The summed E-state index contributed by atoms with van der Waals surface area (Å²) in [5.41, 5.74) is 4.32. The number of rotatable bonds is 5. The van der Waals surface area contributed by atoms with Gasteiger partial charge in [0, 0.05) is 48.4 Å². The number of nitrogens with one attached hydrogen (secondary N) is 2. The van der Waals surface area contributed by atoms with Crippen LogP contribution in [0, 0.1) is 5.92 Å². The Bertz CT molecular complexity index is 1290. The first-order chi connectivity index (χ1) is 16.6. The number of benzene rings is 1. The molecule has 0 radical (unpaired) electrons. The smallest absolute Gasteiger partial charge is 0.325 e. The highest BCUT2D eigenvalue weighted by Crippen LogP contribution is 2.39. The van der Waals surface area contributed by atoms with E-state index in [4.69, 9.17) is 4.98 Å². The minimum Gasteiger partial charge on any atom is -0.356 e. The van der Waals surface area contributed by atoms with Gasteiger partial charge in [0.2, 0.25) is 0 Å². The Kier molecular flexibility index (Phi) is 6.48. The van der Waals surface area contributed by atoms with E-state index in [0.717, 1.165) is 49.4 Å². The van der Waals surface area contributed by atoms with Crippen LogP contribution in [0.1, 0.15) is 67.3 Å². The number of aromatic nitrogens is 3. The highest BCUT2D eigenvalue weighted by Gasteiger charge is 2.26. The molecule has 2 aliphatic rings. The maximum Gasteiger partial charge on any atom is 0.325 e. The minimum absolute atomic E-state index is 0.118. The Balaban J connectivity index is 1.42. The van der Waals surface area contributed by atoms with Gasteiger partial charge in [-0.2, -0.15) is 0 Å². The summed E-state index contributed by atoms with van der Waals surface area (Å²) >= 11 is 0. The molecule has 6 heteroatoms. The van der Waals surface area contributed by atoms with Crippen LogP contribution >= 0.6 is 0 Å². The number of hydrogen-bond acceptors (Lipinski definition) is 4. The van der Waals surface area contributed by atoms with Gasteiger partial charge in [-0.15, -0.1) is 0 Å². The van der Waals surface area contributed by atoms with Crippen LogP contribution in [0.5, 0.6) is 0 Å². The third-order valence-corrected chi connectivity index (χ3v) is 7.21. The highest BCUT2D eigenvalue weighted by molar-refractivity contribution is 5.75. The number of piperidine rings is 1. The van der Waals surface area contributed by atoms with E-state index in [1.54, 1.807) is 0 Å². The van der Waals surface area contributed by atoms with Crippen LogP contribution in [0.3, 0.4) is 0 Å². The van der Waals surface area contributed by atoms with Gasteiger partial charge in [-0.05, 0) is 61.3 Å². The molecule has 1 fully saturated rings. The topological polar surface area (TPSA) is 81.8 Å². The fourth-order valence-corrected chi connectivity index (χ4v) is 5.48. The van der Waals surface area contributed by atoms with Crippen molar-refractivity contribution >= 4 is 11.4 Å². The van der Waals surface area contributed by atoms with Gasteiger partial charge in [0.15, 0.2) is 0 Å². The molecular formula is C28H32N4O2. The average molecular weight is 457 g/mol. The molecule has 0 spiro atoms. The molecule has 6 nitrogen and oxygen atoms in total. The maximum absolute atomic E-state index is 12.7. The van der Waals surface area contributed by atoms with E-state index >= 15 is 0 Å². The summed E-state index contributed by atoms with van der Waals surface area (Å²) in [5, 5.41) is 0. The zero-order valence-corrected chi connectivity index (χ0v) is 19.7. The SMILES string of the molecule is CC1CCCN(c2ncccc2C2=CCC(c3[nH]c(=O)[nH]c(=O)c3Cc3ccccc3)CC2)C1. The molecule has 5 rings (SSSR count). The van der Waals surface area contributed by atoms with Crippen molar-refractivity contribution in [3.8, 4) is 0 Å². The molecular weight excluding hydrogens is 424 g/mol. The van der Waals surface area contributed by atoms with Crippen LogP contribution in [-0.2, 0) is 6.42 Å². The lowest BCUT2D eigenvalue weighted by molar-refractivity contribution is 0.444. The summed E-state index contributed by atoms with van der Waals surface area (Å²) in [6, 6.07) is 14.1. The van der Waals surface area contributed by atoms with Gasteiger partial charge >= 0.3 is 5.69 Å². The third kappa shape index (κ3) is 4.76. The van der Waals surface area contributed by atoms with Crippen LogP contribution in [-0.4, -0.2) is 28.0 Å². The molecule has 1 aliphatic carbocycles. The number of anilines is 1. The molecule has 1 aliphatic heterocycles. The summed E-state index contributed by atoms with van der Waals surface area (Å²) in [4.78, 5) is 37.5. The lowest BCUT2D eigenvalue weighted by Crippen LogP contribution is -2.35. The molecule has 1 aromatic carbocycles. The Morgan fingerprint density at radius 3 is 2.68 bits per heavy atom. The van der Waals surface area contributed by atoms with Gasteiger partial charge in [0.25, 0.3) is 5.56 Å². The summed E-state index contributed by atoms with van der Waals surface area (Å²) in [7, 11) is 0. The predicted octanol–water partition coefficient (Wildman–Crippen LogP) is 4.64. The Labute approximate surface area is 199 Å². The summed E-state index contributed by atoms with van der Waals surface area (Å²) in [6.45, 7) is 4.42.